The molecule has 1 heterocycles. The smallest absolute Gasteiger partial charge is 0.261 e. The first-order chi connectivity index (χ1) is 13.4. The molecule has 1 N–H and O–H groups in total. The third kappa shape index (κ3) is 4.09. The lowest BCUT2D eigenvalue weighted by Gasteiger charge is -2.18. The summed E-state index contributed by atoms with van der Waals surface area (Å²) in [7, 11) is 3.13. The molecule has 0 aliphatic heterocycles. The highest BCUT2D eigenvalue weighted by atomic mass is 35.5. The van der Waals surface area contributed by atoms with Crippen LogP contribution in [-0.4, -0.2) is 29.7 Å². The van der Waals surface area contributed by atoms with Crippen LogP contribution in [0.1, 0.15) is 18.5 Å². The molecule has 0 fully saturated rings. The van der Waals surface area contributed by atoms with Crippen LogP contribution in [0.2, 0.25) is 5.02 Å². The predicted molar refractivity (Wildman–Crippen MR) is 107 cm³/mol. The summed E-state index contributed by atoms with van der Waals surface area (Å²) in [6, 6.07) is 9.88. The molecule has 0 spiro atoms. The second-order valence-electron chi connectivity index (χ2n) is 6.24. The summed E-state index contributed by atoms with van der Waals surface area (Å²) in [5, 5.41) is 3.67. The lowest BCUT2D eigenvalue weighted by molar-refractivity contribution is -0.122. The molecule has 0 saturated carbocycles. The Morgan fingerprint density at radius 3 is 2.71 bits per heavy atom. The minimum atomic E-state index is -0.351. The van der Waals surface area contributed by atoms with Gasteiger partial charge in [-0.3, -0.25) is 14.2 Å². The van der Waals surface area contributed by atoms with E-state index in [1.54, 1.807) is 50.6 Å². The second kappa shape index (κ2) is 8.31. The van der Waals surface area contributed by atoms with Crippen LogP contribution in [0.4, 0.5) is 0 Å². The van der Waals surface area contributed by atoms with Crippen LogP contribution < -0.4 is 20.3 Å². The van der Waals surface area contributed by atoms with Crippen molar-refractivity contribution in [3.05, 3.63) is 63.7 Å². The van der Waals surface area contributed by atoms with Gasteiger partial charge in [0.2, 0.25) is 5.91 Å². The van der Waals surface area contributed by atoms with Gasteiger partial charge in [0, 0.05) is 10.6 Å². The Morgan fingerprint density at radius 2 is 2.00 bits per heavy atom. The number of amides is 1. The Bertz CT molecular complexity index is 1080. The number of benzene rings is 2. The predicted octanol–water partition coefficient (Wildman–Crippen LogP) is 2.94. The number of halogens is 1. The summed E-state index contributed by atoms with van der Waals surface area (Å²) >= 11 is 5.96. The molecule has 0 aliphatic carbocycles. The highest BCUT2D eigenvalue weighted by molar-refractivity contribution is 6.31. The molecule has 0 saturated heterocycles. The maximum Gasteiger partial charge on any atom is 0.261 e. The molecule has 3 aromatic rings. The van der Waals surface area contributed by atoms with Crippen molar-refractivity contribution in [2.45, 2.75) is 19.5 Å². The Hall–Kier alpha value is -3.06. The summed E-state index contributed by atoms with van der Waals surface area (Å²) < 4.78 is 11.9. The topological polar surface area (TPSA) is 82.4 Å². The molecule has 146 valence electrons. The van der Waals surface area contributed by atoms with Gasteiger partial charge in [-0.25, -0.2) is 4.98 Å². The molecular formula is C20H20ClN3O4. The molecule has 3 rings (SSSR count). The molecule has 1 unspecified atom stereocenters. The van der Waals surface area contributed by atoms with Gasteiger partial charge in [0.25, 0.3) is 5.56 Å². The molecule has 1 amide bonds. The van der Waals surface area contributed by atoms with E-state index < -0.39 is 0 Å². The van der Waals surface area contributed by atoms with Crippen LogP contribution in [0.25, 0.3) is 10.9 Å². The van der Waals surface area contributed by atoms with E-state index in [0.29, 0.717) is 27.4 Å². The summed E-state index contributed by atoms with van der Waals surface area (Å²) in [5.74, 6) is 0.958. The van der Waals surface area contributed by atoms with Gasteiger partial charge in [-0.15, -0.1) is 0 Å². The van der Waals surface area contributed by atoms with Crippen molar-refractivity contribution in [2.75, 3.05) is 14.2 Å². The number of hydrogen-bond donors (Lipinski definition) is 1. The van der Waals surface area contributed by atoms with E-state index in [4.69, 9.17) is 21.1 Å². The van der Waals surface area contributed by atoms with Crippen molar-refractivity contribution < 1.29 is 14.3 Å². The highest BCUT2D eigenvalue weighted by Crippen LogP contribution is 2.29. The van der Waals surface area contributed by atoms with Gasteiger partial charge in [0.15, 0.2) is 0 Å². The SMILES string of the molecule is COc1ccc(OC)c(C(C)NC(=O)Cn2cnc3ccc(Cl)cc3c2=O)c1. The van der Waals surface area contributed by atoms with Crippen molar-refractivity contribution in [1.29, 1.82) is 0 Å². The normalized spacial score (nSPS) is 11.9. The van der Waals surface area contributed by atoms with E-state index in [0.717, 1.165) is 5.56 Å². The van der Waals surface area contributed by atoms with Gasteiger partial charge in [-0.1, -0.05) is 11.6 Å². The zero-order valence-corrected chi connectivity index (χ0v) is 16.5. The van der Waals surface area contributed by atoms with Gasteiger partial charge < -0.3 is 14.8 Å². The largest absolute Gasteiger partial charge is 0.497 e. The molecule has 8 heteroatoms. The molecule has 7 nitrogen and oxygen atoms in total. The first-order valence-electron chi connectivity index (χ1n) is 8.59. The van der Waals surface area contributed by atoms with Gasteiger partial charge >= 0.3 is 0 Å². The number of carbonyl (C=O) groups excluding carboxylic acids is 1. The number of methoxy groups -OCH3 is 2. The average Bonchev–Trinajstić information content (AvgIpc) is 2.69. The van der Waals surface area contributed by atoms with E-state index in [1.165, 1.54) is 10.9 Å². The van der Waals surface area contributed by atoms with E-state index in [2.05, 4.69) is 10.3 Å². The number of rotatable bonds is 6. The molecular weight excluding hydrogens is 382 g/mol. The molecule has 2 aromatic carbocycles. The van der Waals surface area contributed by atoms with Gasteiger partial charge in [0.05, 0.1) is 37.5 Å². The number of carbonyl (C=O) groups is 1. The fourth-order valence-corrected chi connectivity index (χ4v) is 3.11. The van der Waals surface area contributed by atoms with Crippen LogP contribution in [0.15, 0.2) is 47.5 Å². The van der Waals surface area contributed by atoms with E-state index in [1.807, 2.05) is 6.92 Å². The zero-order valence-electron chi connectivity index (χ0n) is 15.7. The monoisotopic (exact) mass is 401 g/mol. The summed E-state index contributed by atoms with van der Waals surface area (Å²) in [6.45, 7) is 1.67. The zero-order chi connectivity index (χ0) is 20.3. The lowest BCUT2D eigenvalue weighted by Crippen LogP contribution is -2.34. The van der Waals surface area contributed by atoms with Crippen LogP contribution in [0.5, 0.6) is 11.5 Å². The minimum Gasteiger partial charge on any atom is -0.497 e. The maximum absolute atomic E-state index is 12.6. The molecule has 1 aromatic heterocycles. The third-order valence-corrected chi connectivity index (χ3v) is 4.62. The van der Waals surface area contributed by atoms with Crippen LogP contribution in [-0.2, 0) is 11.3 Å². The summed E-state index contributed by atoms with van der Waals surface area (Å²) in [4.78, 5) is 29.3. The molecule has 0 radical (unpaired) electrons. The Morgan fingerprint density at radius 1 is 1.21 bits per heavy atom. The van der Waals surface area contributed by atoms with Gasteiger partial charge in [-0.05, 0) is 43.3 Å². The number of fused-ring (bicyclic) bond motifs is 1. The Labute approximate surface area is 166 Å². The van der Waals surface area contributed by atoms with Gasteiger partial charge in [0.1, 0.15) is 18.0 Å². The summed E-state index contributed by atoms with van der Waals surface area (Å²) in [5.41, 5.74) is 0.973. The minimum absolute atomic E-state index is 0.162. The number of hydrogen-bond acceptors (Lipinski definition) is 5. The highest BCUT2D eigenvalue weighted by Gasteiger charge is 2.16. The first-order valence-corrected chi connectivity index (χ1v) is 8.96. The Balaban J connectivity index is 1.80. The fraction of sp³-hybridized carbons (Fsp3) is 0.250. The van der Waals surface area contributed by atoms with Crippen molar-refractivity contribution in [2.24, 2.45) is 0 Å². The van der Waals surface area contributed by atoms with E-state index in [-0.39, 0.29) is 24.1 Å². The Kier molecular flexibility index (Phi) is 5.84. The molecule has 28 heavy (non-hydrogen) atoms. The second-order valence-corrected chi connectivity index (χ2v) is 6.67. The first kappa shape index (κ1) is 19.7. The van der Waals surface area contributed by atoms with E-state index in [9.17, 15) is 9.59 Å². The number of aromatic nitrogens is 2. The standard InChI is InChI=1S/C20H20ClN3O4/c1-12(15-9-14(27-2)5-7-18(15)28-3)23-19(25)10-24-11-22-17-6-4-13(21)8-16(17)20(24)26/h4-9,11-12H,10H2,1-3H3,(H,23,25). The van der Waals surface area contributed by atoms with Crippen molar-refractivity contribution in [1.82, 2.24) is 14.9 Å². The van der Waals surface area contributed by atoms with E-state index >= 15 is 0 Å². The van der Waals surface area contributed by atoms with Crippen molar-refractivity contribution in [3.63, 3.8) is 0 Å². The van der Waals surface area contributed by atoms with Crippen LogP contribution in [0, 0.1) is 0 Å². The quantitative estimate of drug-likeness (QED) is 0.686. The maximum atomic E-state index is 12.6. The van der Waals surface area contributed by atoms with Crippen LogP contribution in [0.3, 0.4) is 0 Å². The number of nitrogens with one attached hydrogen (secondary N) is 1. The van der Waals surface area contributed by atoms with Crippen molar-refractivity contribution >= 4 is 28.4 Å². The van der Waals surface area contributed by atoms with Crippen molar-refractivity contribution in [3.8, 4) is 11.5 Å². The molecule has 0 aliphatic rings. The fourth-order valence-electron chi connectivity index (χ4n) is 2.94. The molecule has 0 bridgehead atoms. The third-order valence-electron chi connectivity index (χ3n) is 4.38. The van der Waals surface area contributed by atoms with Crippen LogP contribution >= 0.6 is 11.6 Å². The number of nitrogens with zero attached hydrogens (tertiary/aromatic N) is 2. The average molecular weight is 402 g/mol. The summed E-state index contributed by atoms with van der Waals surface area (Å²) in [6.07, 6.45) is 1.36. The lowest BCUT2D eigenvalue weighted by atomic mass is 10.1. The van der Waals surface area contributed by atoms with Gasteiger partial charge in [-0.2, -0.15) is 0 Å². The number of ether oxygens (including phenoxy) is 2. The molecule has 1 atom stereocenters.